The third kappa shape index (κ3) is 1.15. The topological polar surface area (TPSA) is 17.1 Å². The first-order valence-corrected chi connectivity index (χ1v) is 5.74. The number of fused-ring (bicyclic) bond motifs is 2. The van der Waals surface area contributed by atoms with Gasteiger partial charge in [0.1, 0.15) is 0 Å². The predicted molar refractivity (Wildman–Crippen MR) is 64.6 cm³/mol. The Bertz CT molecular complexity index is 522. The molecule has 1 nitrogen and oxygen atoms in total. The van der Waals surface area contributed by atoms with Crippen molar-refractivity contribution in [3.05, 3.63) is 59.2 Å². The van der Waals surface area contributed by atoms with Gasteiger partial charge >= 0.3 is 0 Å². The van der Waals surface area contributed by atoms with Gasteiger partial charge in [0.2, 0.25) is 0 Å². The molecule has 0 bridgehead atoms. The molecule has 0 radical (unpaired) electrons. The van der Waals surface area contributed by atoms with Gasteiger partial charge in [-0.15, -0.1) is 0 Å². The molecule has 1 heteroatoms. The Morgan fingerprint density at radius 1 is 1.25 bits per heavy atom. The standard InChI is InChI=1S/C15H14O/c1-11-10-15(8-4-5-9-15)13-7-3-2-6-12(13)14(11)16/h2-4,6-8,10H,5,9H2,1H3. The number of ketones is 1. The fourth-order valence-corrected chi connectivity index (χ4v) is 2.87. The van der Waals surface area contributed by atoms with E-state index < -0.39 is 0 Å². The molecule has 1 aromatic carbocycles. The molecule has 0 saturated heterocycles. The Balaban J connectivity index is 2.29. The minimum atomic E-state index is -0.00537. The van der Waals surface area contributed by atoms with Crippen LogP contribution < -0.4 is 0 Å². The molecular weight excluding hydrogens is 196 g/mol. The van der Waals surface area contributed by atoms with Crippen molar-refractivity contribution in [3.8, 4) is 0 Å². The van der Waals surface area contributed by atoms with Crippen molar-refractivity contribution in [2.75, 3.05) is 0 Å². The second-order valence-electron chi connectivity index (χ2n) is 4.68. The Hall–Kier alpha value is -1.63. The molecule has 2 aliphatic rings. The molecular formula is C15H14O. The van der Waals surface area contributed by atoms with E-state index in [4.69, 9.17) is 0 Å². The number of hydrogen-bond donors (Lipinski definition) is 0. The minimum Gasteiger partial charge on any atom is -0.289 e. The van der Waals surface area contributed by atoms with Gasteiger partial charge in [-0.1, -0.05) is 42.5 Å². The maximum absolute atomic E-state index is 12.1. The molecule has 0 N–H and O–H groups in total. The fraction of sp³-hybridized carbons (Fsp3) is 0.267. The number of rotatable bonds is 0. The molecule has 1 atom stereocenters. The van der Waals surface area contributed by atoms with Crippen LogP contribution in [0.1, 0.15) is 35.7 Å². The highest BCUT2D eigenvalue weighted by atomic mass is 16.1. The summed E-state index contributed by atoms with van der Waals surface area (Å²) in [5.41, 5.74) is 2.94. The number of carbonyl (C=O) groups excluding carboxylic acids is 1. The molecule has 0 saturated carbocycles. The molecule has 0 amide bonds. The summed E-state index contributed by atoms with van der Waals surface area (Å²) < 4.78 is 0. The SMILES string of the molecule is CC1=CC2(C=CCC2)c2ccccc2C1=O. The number of hydrogen-bond acceptors (Lipinski definition) is 1. The molecule has 2 aliphatic carbocycles. The van der Waals surface area contributed by atoms with E-state index in [1.807, 2.05) is 25.1 Å². The normalized spacial score (nSPS) is 27.1. The van der Waals surface area contributed by atoms with E-state index in [1.54, 1.807) is 0 Å². The summed E-state index contributed by atoms with van der Waals surface area (Å²) in [7, 11) is 0. The van der Waals surface area contributed by atoms with Crippen LogP contribution in [0.15, 0.2) is 48.1 Å². The van der Waals surface area contributed by atoms with Crippen molar-refractivity contribution < 1.29 is 4.79 Å². The summed E-state index contributed by atoms with van der Waals surface area (Å²) in [6, 6.07) is 8.00. The Kier molecular flexibility index (Phi) is 1.90. The van der Waals surface area contributed by atoms with E-state index in [9.17, 15) is 4.79 Å². The van der Waals surface area contributed by atoms with Crippen molar-refractivity contribution in [3.63, 3.8) is 0 Å². The lowest BCUT2D eigenvalue weighted by Gasteiger charge is -2.31. The fourth-order valence-electron chi connectivity index (χ4n) is 2.87. The maximum atomic E-state index is 12.1. The largest absolute Gasteiger partial charge is 0.289 e. The van der Waals surface area contributed by atoms with Crippen LogP contribution in [0.5, 0.6) is 0 Å². The average molecular weight is 210 g/mol. The Morgan fingerprint density at radius 3 is 2.81 bits per heavy atom. The Labute approximate surface area is 95.5 Å². The summed E-state index contributed by atoms with van der Waals surface area (Å²) in [6.07, 6.45) is 8.81. The first-order chi connectivity index (χ1) is 7.73. The van der Waals surface area contributed by atoms with Crippen molar-refractivity contribution in [1.82, 2.24) is 0 Å². The summed E-state index contributed by atoms with van der Waals surface area (Å²) in [5, 5.41) is 0. The van der Waals surface area contributed by atoms with Crippen molar-refractivity contribution in [2.45, 2.75) is 25.2 Å². The average Bonchev–Trinajstić information content (AvgIpc) is 2.76. The van der Waals surface area contributed by atoms with E-state index in [0.717, 1.165) is 24.0 Å². The van der Waals surface area contributed by atoms with Crippen LogP contribution in [0.4, 0.5) is 0 Å². The molecule has 16 heavy (non-hydrogen) atoms. The summed E-state index contributed by atoms with van der Waals surface area (Å²) in [6.45, 7) is 1.92. The van der Waals surface area contributed by atoms with Gasteiger partial charge in [-0.05, 0) is 30.9 Å². The number of Topliss-reactive ketones (excluding diaryl/α,β-unsaturated/α-hetero) is 1. The van der Waals surface area contributed by atoms with Crippen molar-refractivity contribution >= 4 is 5.78 Å². The number of carbonyl (C=O) groups is 1. The zero-order valence-electron chi connectivity index (χ0n) is 9.36. The second kappa shape index (κ2) is 3.18. The van der Waals surface area contributed by atoms with Gasteiger partial charge in [-0.25, -0.2) is 0 Å². The van der Waals surface area contributed by atoms with Crippen LogP contribution in [-0.4, -0.2) is 5.78 Å². The maximum Gasteiger partial charge on any atom is 0.188 e. The number of allylic oxidation sites excluding steroid dienone is 4. The van der Waals surface area contributed by atoms with Crippen LogP contribution in [0, 0.1) is 0 Å². The quantitative estimate of drug-likeness (QED) is 0.600. The van der Waals surface area contributed by atoms with Gasteiger partial charge in [-0.2, -0.15) is 0 Å². The lowest BCUT2D eigenvalue weighted by molar-refractivity contribution is 0.102. The molecule has 1 unspecified atom stereocenters. The van der Waals surface area contributed by atoms with Gasteiger partial charge in [-0.3, -0.25) is 4.79 Å². The third-order valence-corrected chi connectivity index (χ3v) is 3.65. The lowest BCUT2D eigenvalue weighted by atomic mass is 9.71. The van der Waals surface area contributed by atoms with Gasteiger partial charge in [0, 0.05) is 11.0 Å². The van der Waals surface area contributed by atoms with E-state index in [0.29, 0.717) is 0 Å². The molecule has 0 fully saturated rings. The molecule has 0 aromatic heterocycles. The van der Waals surface area contributed by atoms with Gasteiger partial charge in [0.05, 0.1) is 0 Å². The molecule has 80 valence electrons. The van der Waals surface area contributed by atoms with Crippen LogP contribution in [0.25, 0.3) is 0 Å². The molecule has 3 rings (SSSR count). The Morgan fingerprint density at radius 2 is 2.06 bits per heavy atom. The molecule has 0 heterocycles. The second-order valence-corrected chi connectivity index (χ2v) is 4.68. The zero-order valence-corrected chi connectivity index (χ0v) is 9.36. The third-order valence-electron chi connectivity index (χ3n) is 3.65. The summed E-state index contributed by atoms with van der Waals surface area (Å²) in [5.74, 6) is 0.182. The number of benzene rings is 1. The van der Waals surface area contributed by atoms with E-state index in [1.165, 1.54) is 5.56 Å². The van der Waals surface area contributed by atoms with E-state index >= 15 is 0 Å². The van der Waals surface area contributed by atoms with Crippen LogP contribution >= 0.6 is 0 Å². The van der Waals surface area contributed by atoms with Crippen LogP contribution in [0.2, 0.25) is 0 Å². The predicted octanol–water partition coefficient (Wildman–Crippen LogP) is 3.42. The van der Waals surface area contributed by atoms with Crippen molar-refractivity contribution in [2.24, 2.45) is 0 Å². The first-order valence-electron chi connectivity index (χ1n) is 5.74. The zero-order chi connectivity index (χ0) is 11.2. The van der Waals surface area contributed by atoms with Crippen LogP contribution in [0.3, 0.4) is 0 Å². The van der Waals surface area contributed by atoms with E-state index in [2.05, 4.69) is 24.3 Å². The van der Waals surface area contributed by atoms with Crippen molar-refractivity contribution in [1.29, 1.82) is 0 Å². The van der Waals surface area contributed by atoms with Gasteiger partial charge < -0.3 is 0 Å². The monoisotopic (exact) mass is 210 g/mol. The molecule has 0 aliphatic heterocycles. The summed E-state index contributed by atoms with van der Waals surface area (Å²) in [4.78, 5) is 12.1. The lowest BCUT2D eigenvalue weighted by Crippen LogP contribution is -2.27. The van der Waals surface area contributed by atoms with Crippen LogP contribution in [-0.2, 0) is 5.41 Å². The summed E-state index contributed by atoms with van der Waals surface area (Å²) >= 11 is 0. The highest BCUT2D eigenvalue weighted by Gasteiger charge is 2.36. The minimum absolute atomic E-state index is 0.00537. The van der Waals surface area contributed by atoms with Gasteiger partial charge in [0.15, 0.2) is 5.78 Å². The molecule has 1 aromatic rings. The highest BCUT2D eigenvalue weighted by Crippen LogP contribution is 2.43. The first kappa shape index (κ1) is 9.59. The van der Waals surface area contributed by atoms with E-state index in [-0.39, 0.29) is 11.2 Å². The smallest absolute Gasteiger partial charge is 0.188 e. The highest BCUT2D eigenvalue weighted by molar-refractivity contribution is 6.11. The molecule has 1 spiro atoms. The van der Waals surface area contributed by atoms with Gasteiger partial charge in [0.25, 0.3) is 0 Å².